The molecule has 0 unspecified atom stereocenters. The molecule has 0 spiro atoms. The molecule has 0 atom stereocenters. The van der Waals surface area contributed by atoms with Crippen molar-refractivity contribution in [2.24, 2.45) is 0 Å². The summed E-state index contributed by atoms with van der Waals surface area (Å²) in [6.07, 6.45) is 2.94. The number of nitrogens with one attached hydrogen (secondary N) is 1. The van der Waals surface area contributed by atoms with Crippen molar-refractivity contribution in [3.05, 3.63) is 57.8 Å². The third-order valence-corrected chi connectivity index (χ3v) is 4.89. The smallest absolute Gasteiger partial charge is 0.359 e. The van der Waals surface area contributed by atoms with Crippen LogP contribution in [0.2, 0.25) is 0 Å². The molecule has 29 heavy (non-hydrogen) atoms. The van der Waals surface area contributed by atoms with Crippen LogP contribution in [0.1, 0.15) is 24.3 Å². The number of esters is 1. The number of hydrogen-bond donors (Lipinski definition) is 1. The number of nitrogens with zero attached hydrogens (tertiary/aromatic N) is 2. The van der Waals surface area contributed by atoms with Gasteiger partial charge in [-0.15, -0.1) is 11.3 Å². The first-order chi connectivity index (χ1) is 14.0. The Balaban J connectivity index is 2.25. The van der Waals surface area contributed by atoms with Crippen molar-refractivity contribution in [1.82, 2.24) is 9.78 Å². The first-order valence-corrected chi connectivity index (χ1v) is 9.67. The van der Waals surface area contributed by atoms with E-state index in [-0.39, 0.29) is 23.6 Å². The minimum atomic E-state index is -0.649. The summed E-state index contributed by atoms with van der Waals surface area (Å²) in [6, 6.07) is 6.66. The number of carbonyl (C=O) groups excluding carboxylic acids is 2. The average molecular weight is 413 g/mol. The predicted molar refractivity (Wildman–Crippen MR) is 111 cm³/mol. The minimum Gasteiger partial charge on any atom is -0.497 e. The summed E-state index contributed by atoms with van der Waals surface area (Å²) in [5, 5.41) is 9.40. The monoisotopic (exact) mass is 413 g/mol. The zero-order valence-corrected chi connectivity index (χ0v) is 16.9. The van der Waals surface area contributed by atoms with Crippen LogP contribution in [0.5, 0.6) is 5.75 Å². The fourth-order valence-corrected chi connectivity index (χ4v) is 3.64. The molecule has 0 aliphatic carbocycles. The van der Waals surface area contributed by atoms with E-state index < -0.39 is 11.5 Å². The molecule has 8 nitrogen and oxygen atoms in total. The van der Waals surface area contributed by atoms with Crippen LogP contribution < -0.4 is 15.6 Å². The Morgan fingerprint density at radius 1 is 1.28 bits per heavy atom. The molecule has 150 valence electrons. The Morgan fingerprint density at radius 3 is 2.62 bits per heavy atom. The second kappa shape index (κ2) is 8.70. The second-order valence-electron chi connectivity index (χ2n) is 5.83. The SMILES string of the molecule is CC=CC(=O)Nc1scc2c(C(=O)OCC)nn(-c3ccc(OC)cc3)c(=O)c12. The van der Waals surface area contributed by atoms with Crippen LogP contribution in [0.4, 0.5) is 5.00 Å². The molecular weight excluding hydrogens is 394 g/mol. The largest absolute Gasteiger partial charge is 0.497 e. The maximum absolute atomic E-state index is 13.2. The number of rotatable bonds is 6. The van der Waals surface area contributed by atoms with Gasteiger partial charge in [0.15, 0.2) is 5.69 Å². The summed E-state index contributed by atoms with van der Waals surface area (Å²) in [5.41, 5.74) is -0.0181. The topological polar surface area (TPSA) is 99.5 Å². The molecule has 2 aromatic heterocycles. The van der Waals surface area contributed by atoms with Crippen molar-refractivity contribution in [1.29, 1.82) is 0 Å². The van der Waals surface area contributed by atoms with Crippen LogP contribution in [0.25, 0.3) is 16.5 Å². The molecule has 0 saturated carbocycles. The first kappa shape index (κ1) is 20.3. The third-order valence-electron chi connectivity index (χ3n) is 3.99. The fraction of sp³-hybridized carbons (Fsp3) is 0.200. The highest BCUT2D eigenvalue weighted by atomic mass is 32.1. The molecule has 0 aliphatic heterocycles. The number of anilines is 1. The quantitative estimate of drug-likeness (QED) is 0.492. The average Bonchev–Trinajstić information content (AvgIpc) is 3.13. The van der Waals surface area contributed by atoms with Crippen LogP contribution in [0.15, 0.2) is 46.6 Å². The molecular formula is C20H19N3O5S. The Morgan fingerprint density at radius 2 is 2.00 bits per heavy atom. The van der Waals surface area contributed by atoms with E-state index in [1.807, 2.05) is 0 Å². The lowest BCUT2D eigenvalue weighted by Crippen LogP contribution is -2.25. The minimum absolute atomic E-state index is 0.0000469. The van der Waals surface area contributed by atoms with E-state index in [2.05, 4.69) is 10.4 Å². The highest BCUT2D eigenvalue weighted by molar-refractivity contribution is 7.16. The van der Waals surface area contributed by atoms with Gasteiger partial charge in [0.05, 0.1) is 24.8 Å². The maximum atomic E-state index is 13.2. The summed E-state index contributed by atoms with van der Waals surface area (Å²) in [6.45, 7) is 3.56. The van der Waals surface area contributed by atoms with Gasteiger partial charge in [0, 0.05) is 10.8 Å². The van der Waals surface area contributed by atoms with E-state index in [9.17, 15) is 14.4 Å². The Kier molecular flexibility index (Phi) is 6.08. The van der Waals surface area contributed by atoms with E-state index in [1.165, 1.54) is 13.2 Å². The number of allylic oxidation sites excluding steroid dienone is 1. The van der Waals surface area contributed by atoms with E-state index in [0.29, 0.717) is 21.8 Å². The summed E-state index contributed by atoms with van der Waals surface area (Å²) in [7, 11) is 1.54. The molecule has 2 heterocycles. The Hall–Kier alpha value is -3.46. The summed E-state index contributed by atoms with van der Waals surface area (Å²) in [5.74, 6) is -0.409. The highest BCUT2D eigenvalue weighted by Gasteiger charge is 2.22. The zero-order chi connectivity index (χ0) is 21.0. The van der Waals surface area contributed by atoms with Crippen molar-refractivity contribution < 1.29 is 19.1 Å². The molecule has 9 heteroatoms. The maximum Gasteiger partial charge on any atom is 0.359 e. The summed E-state index contributed by atoms with van der Waals surface area (Å²) < 4.78 is 11.4. The number of thiophene rings is 1. The predicted octanol–water partition coefficient (Wildman–Crippen LogP) is 3.15. The number of amides is 1. The Bertz CT molecular complexity index is 1150. The Labute approximate surface area is 170 Å². The number of methoxy groups -OCH3 is 1. The second-order valence-corrected chi connectivity index (χ2v) is 6.71. The number of carbonyl (C=O) groups is 2. The van der Waals surface area contributed by atoms with Gasteiger partial charge >= 0.3 is 5.97 Å². The van der Waals surface area contributed by atoms with Gasteiger partial charge in [0.1, 0.15) is 10.8 Å². The van der Waals surface area contributed by atoms with Crippen LogP contribution in [0.3, 0.4) is 0 Å². The molecule has 0 radical (unpaired) electrons. The van der Waals surface area contributed by atoms with Crippen molar-refractivity contribution in [2.75, 3.05) is 19.0 Å². The standard InChI is InChI=1S/C20H19N3O5S/c1-4-6-15(24)21-18-16-14(11-29-18)17(20(26)28-5-2)22-23(19(16)25)12-7-9-13(27-3)10-8-12/h4,6-11H,5H2,1-3H3,(H,21,24). The van der Waals surface area contributed by atoms with Gasteiger partial charge in [-0.3, -0.25) is 9.59 Å². The number of benzene rings is 1. The van der Waals surface area contributed by atoms with E-state index in [0.717, 1.165) is 16.0 Å². The van der Waals surface area contributed by atoms with Crippen molar-refractivity contribution in [2.45, 2.75) is 13.8 Å². The van der Waals surface area contributed by atoms with Gasteiger partial charge in [-0.2, -0.15) is 9.78 Å². The lowest BCUT2D eigenvalue weighted by Gasteiger charge is -2.10. The van der Waals surface area contributed by atoms with Crippen molar-refractivity contribution in [3.63, 3.8) is 0 Å². The summed E-state index contributed by atoms with van der Waals surface area (Å²) >= 11 is 1.14. The molecule has 0 bridgehead atoms. The van der Waals surface area contributed by atoms with Gasteiger partial charge < -0.3 is 14.8 Å². The van der Waals surface area contributed by atoms with E-state index in [4.69, 9.17) is 9.47 Å². The number of aromatic nitrogens is 2. The molecule has 0 saturated heterocycles. The molecule has 0 aliphatic rings. The van der Waals surface area contributed by atoms with Crippen LogP contribution >= 0.6 is 11.3 Å². The normalized spacial score (nSPS) is 11.0. The number of hydrogen-bond acceptors (Lipinski definition) is 7. The molecule has 3 rings (SSSR count). The molecule has 1 aromatic carbocycles. The van der Waals surface area contributed by atoms with Crippen LogP contribution in [0, 0.1) is 0 Å². The van der Waals surface area contributed by atoms with Crippen molar-refractivity contribution in [3.8, 4) is 11.4 Å². The molecule has 3 aromatic rings. The molecule has 1 N–H and O–H groups in total. The van der Waals surface area contributed by atoms with Gasteiger partial charge in [0.2, 0.25) is 5.91 Å². The molecule has 1 amide bonds. The van der Waals surface area contributed by atoms with Gasteiger partial charge in [0.25, 0.3) is 5.56 Å². The van der Waals surface area contributed by atoms with Gasteiger partial charge in [-0.25, -0.2) is 4.79 Å². The van der Waals surface area contributed by atoms with Gasteiger partial charge in [-0.1, -0.05) is 6.08 Å². The third kappa shape index (κ3) is 4.04. The number of ether oxygens (including phenoxy) is 2. The lowest BCUT2D eigenvalue weighted by molar-refractivity contribution is -0.111. The number of fused-ring (bicyclic) bond motifs is 1. The van der Waals surface area contributed by atoms with E-state index in [1.54, 1.807) is 49.6 Å². The zero-order valence-electron chi connectivity index (χ0n) is 16.1. The van der Waals surface area contributed by atoms with Crippen LogP contribution in [-0.2, 0) is 9.53 Å². The lowest BCUT2D eigenvalue weighted by atomic mass is 10.2. The fourth-order valence-electron chi connectivity index (χ4n) is 2.70. The van der Waals surface area contributed by atoms with Crippen molar-refractivity contribution >= 4 is 39.0 Å². The van der Waals surface area contributed by atoms with E-state index >= 15 is 0 Å². The molecule has 0 fully saturated rings. The first-order valence-electron chi connectivity index (χ1n) is 8.79. The highest BCUT2D eigenvalue weighted by Crippen LogP contribution is 2.30. The van der Waals surface area contributed by atoms with Crippen LogP contribution in [-0.4, -0.2) is 35.4 Å². The summed E-state index contributed by atoms with van der Waals surface area (Å²) in [4.78, 5) is 37.7. The van der Waals surface area contributed by atoms with Gasteiger partial charge in [-0.05, 0) is 44.2 Å².